The van der Waals surface area contributed by atoms with Crippen molar-refractivity contribution in [2.45, 2.75) is 47.5 Å². The average molecular weight is 274 g/mol. The number of benzene rings is 1. The van der Waals surface area contributed by atoms with Crippen LogP contribution in [0.4, 0.5) is 0 Å². The Morgan fingerprint density at radius 2 is 1.30 bits per heavy atom. The summed E-state index contributed by atoms with van der Waals surface area (Å²) in [6.07, 6.45) is 1.68. The van der Waals surface area contributed by atoms with Crippen molar-refractivity contribution in [2.24, 2.45) is 5.41 Å². The number of carbonyl (C=O) groups is 3. The maximum Gasteiger partial charge on any atom is 0.168 e. The minimum absolute atomic E-state index is 0.0232. The van der Waals surface area contributed by atoms with E-state index in [1.807, 2.05) is 20.8 Å². The van der Waals surface area contributed by atoms with Crippen LogP contribution in [0.25, 0.3) is 0 Å². The van der Waals surface area contributed by atoms with E-state index in [-0.39, 0.29) is 17.3 Å². The third-order valence-electron chi connectivity index (χ3n) is 3.50. The molecule has 1 aromatic rings. The van der Waals surface area contributed by atoms with Gasteiger partial charge in [0.1, 0.15) is 0 Å². The van der Waals surface area contributed by atoms with Crippen LogP contribution in [0.3, 0.4) is 0 Å². The van der Waals surface area contributed by atoms with Crippen molar-refractivity contribution in [3.05, 3.63) is 34.9 Å². The van der Waals surface area contributed by atoms with Gasteiger partial charge in [-0.05, 0) is 38.5 Å². The zero-order valence-electron chi connectivity index (χ0n) is 12.9. The van der Waals surface area contributed by atoms with E-state index in [1.165, 1.54) is 13.8 Å². The maximum atomic E-state index is 12.6. The van der Waals surface area contributed by atoms with Gasteiger partial charge in [0.25, 0.3) is 0 Å². The third-order valence-corrected chi connectivity index (χ3v) is 3.50. The highest BCUT2D eigenvalue weighted by atomic mass is 16.1. The lowest BCUT2D eigenvalue weighted by Crippen LogP contribution is -2.24. The number of carbonyl (C=O) groups excluding carboxylic acids is 3. The van der Waals surface area contributed by atoms with Crippen molar-refractivity contribution < 1.29 is 14.4 Å². The van der Waals surface area contributed by atoms with Crippen molar-refractivity contribution in [2.75, 3.05) is 0 Å². The Bertz CT molecular complexity index is 521. The van der Waals surface area contributed by atoms with Gasteiger partial charge in [0, 0.05) is 22.1 Å². The molecule has 0 saturated heterocycles. The highest BCUT2D eigenvalue weighted by molar-refractivity contribution is 6.06. The van der Waals surface area contributed by atoms with E-state index < -0.39 is 5.41 Å². The molecule has 0 aliphatic heterocycles. The van der Waals surface area contributed by atoms with Crippen LogP contribution in [-0.4, -0.2) is 17.3 Å². The molecule has 0 aromatic heterocycles. The Labute approximate surface area is 120 Å². The fraction of sp³-hybridized carbons (Fsp3) is 0.471. The van der Waals surface area contributed by atoms with Crippen molar-refractivity contribution in [1.29, 1.82) is 0 Å². The van der Waals surface area contributed by atoms with Crippen LogP contribution in [0.2, 0.25) is 0 Å². The first-order valence-electron chi connectivity index (χ1n) is 6.91. The molecule has 3 nitrogen and oxygen atoms in total. The fourth-order valence-electron chi connectivity index (χ4n) is 2.29. The van der Waals surface area contributed by atoms with Crippen LogP contribution in [0.15, 0.2) is 18.2 Å². The van der Waals surface area contributed by atoms with Gasteiger partial charge >= 0.3 is 0 Å². The average Bonchev–Trinajstić information content (AvgIpc) is 2.37. The summed E-state index contributed by atoms with van der Waals surface area (Å²) in [6, 6.07) is 4.73. The van der Waals surface area contributed by atoms with Crippen molar-refractivity contribution >= 4 is 17.3 Å². The summed E-state index contributed by atoms with van der Waals surface area (Å²) in [7, 11) is 0. The second kappa shape index (κ2) is 6.12. The Morgan fingerprint density at radius 3 is 1.65 bits per heavy atom. The van der Waals surface area contributed by atoms with Gasteiger partial charge < -0.3 is 0 Å². The molecule has 0 amide bonds. The number of ketones is 3. The SMILES string of the molecule is CCCC(C)(C)C(=O)c1cc(C(C)=O)cc(C(C)=O)c1. The summed E-state index contributed by atoms with van der Waals surface area (Å²) >= 11 is 0. The largest absolute Gasteiger partial charge is 0.295 e. The minimum Gasteiger partial charge on any atom is -0.295 e. The zero-order valence-corrected chi connectivity index (χ0v) is 12.9. The van der Waals surface area contributed by atoms with Crippen LogP contribution < -0.4 is 0 Å². The molecule has 1 rings (SSSR count). The predicted molar refractivity (Wildman–Crippen MR) is 79.5 cm³/mol. The lowest BCUT2D eigenvalue weighted by atomic mass is 9.79. The highest BCUT2D eigenvalue weighted by Crippen LogP contribution is 2.28. The normalized spacial score (nSPS) is 11.2. The van der Waals surface area contributed by atoms with Crippen LogP contribution >= 0.6 is 0 Å². The lowest BCUT2D eigenvalue weighted by Gasteiger charge is -2.22. The van der Waals surface area contributed by atoms with Crippen molar-refractivity contribution in [3.8, 4) is 0 Å². The second-order valence-electron chi connectivity index (χ2n) is 5.87. The van der Waals surface area contributed by atoms with E-state index >= 15 is 0 Å². The summed E-state index contributed by atoms with van der Waals surface area (Å²) < 4.78 is 0. The summed E-state index contributed by atoms with van der Waals surface area (Å²) in [4.78, 5) is 35.7. The molecular weight excluding hydrogens is 252 g/mol. The lowest BCUT2D eigenvalue weighted by molar-refractivity contribution is 0.0825. The van der Waals surface area contributed by atoms with Crippen LogP contribution in [0.5, 0.6) is 0 Å². The molecule has 0 bridgehead atoms. The molecule has 0 heterocycles. The third kappa shape index (κ3) is 3.62. The first-order valence-corrected chi connectivity index (χ1v) is 6.91. The Morgan fingerprint density at radius 1 is 0.900 bits per heavy atom. The van der Waals surface area contributed by atoms with Crippen LogP contribution in [0.1, 0.15) is 78.5 Å². The van der Waals surface area contributed by atoms with Gasteiger partial charge in [0.2, 0.25) is 0 Å². The summed E-state index contributed by atoms with van der Waals surface area (Å²) in [5.41, 5.74) is 0.779. The van der Waals surface area contributed by atoms with Gasteiger partial charge in [-0.15, -0.1) is 0 Å². The van der Waals surface area contributed by atoms with Gasteiger partial charge in [-0.25, -0.2) is 0 Å². The van der Waals surface area contributed by atoms with Crippen molar-refractivity contribution in [1.82, 2.24) is 0 Å². The molecule has 0 fully saturated rings. The van der Waals surface area contributed by atoms with Gasteiger partial charge in [-0.3, -0.25) is 14.4 Å². The Hall–Kier alpha value is -1.77. The number of hydrogen-bond acceptors (Lipinski definition) is 3. The quantitative estimate of drug-likeness (QED) is 0.734. The second-order valence-corrected chi connectivity index (χ2v) is 5.87. The zero-order chi connectivity index (χ0) is 15.5. The van der Waals surface area contributed by atoms with E-state index in [4.69, 9.17) is 0 Å². The van der Waals surface area contributed by atoms with Gasteiger partial charge in [-0.2, -0.15) is 0 Å². The molecule has 108 valence electrons. The highest BCUT2D eigenvalue weighted by Gasteiger charge is 2.28. The first kappa shape index (κ1) is 16.3. The van der Waals surface area contributed by atoms with E-state index in [0.29, 0.717) is 16.7 Å². The fourth-order valence-corrected chi connectivity index (χ4v) is 2.29. The Kier molecular flexibility index (Phi) is 4.98. The van der Waals surface area contributed by atoms with E-state index in [9.17, 15) is 14.4 Å². The molecule has 0 aliphatic carbocycles. The van der Waals surface area contributed by atoms with E-state index in [1.54, 1.807) is 18.2 Å². The first-order chi connectivity index (χ1) is 9.19. The molecular formula is C17H22O3. The molecule has 0 spiro atoms. The summed E-state index contributed by atoms with van der Waals surface area (Å²) in [5, 5.41) is 0. The molecule has 0 aliphatic rings. The van der Waals surface area contributed by atoms with Gasteiger partial charge in [0.05, 0.1) is 0 Å². The topological polar surface area (TPSA) is 51.2 Å². The smallest absolute Gasteiger partial charge is 0.168 e. The van der Waals surface area contributed by atoms with Gasteiger partial charge in [0.15, 0.2) is 17.3 Å². The summed E-state index contributed by atoms with van der Waals surface area (Å²) in [5.74, 6) is -0.309. The van der Waals surface area contributed by atoms with E-state index in [0.717, 1.165) is 12.8 Å². The number of hydrogen-bond donors (Lipinski definition) is 0. The van der Waals surface area contributed by atoms with Gasteiger partial charge in [-0.1, -0.05) is 27.2 Å². The molecule has 20 heavy (non-hydrogen) atoms. The predicted octanol–water partition coefficient (Wildman–Crippen LogP) is 4.10. The standard InChI is InChI=1S/C17H22O3/c1-6-7-17(4,5)16(20)15-9-13(11(2)18)8-14(10-15)12(3)19/h8-10H,6-7H2,1-5H3. The molecule has 0 saturated carbocycles. The van der Waals surface area contributed by atoms with E-state index in [2.05, 4.69) is 0 Å². The van der Waals surface area contributed by atoms with Crippen LogP contribution in [0, 0.1) is 5.41 Å². The molecule has 1 aromatic carbocycles. The summed E-state index contributed by atoms with van der Waals surface area (Å²) in [6.45, 7) is 8.69. The van der Waals surface area contributed by atoms with Crippen molar-refractivity contribution in [3.63, 3.8) is 0 Å². The van der Waals surface area contributed by atoms with Crippen LogP contribution in [-0.2, 0) is 0 Å². The Balaban J connectivity index is 3.34. The molecule has 0 unspecified atom stereocenters. The molecule has 0 N–H and O–H groups in total. The minimum atomic E-state index is -0.488. The maximum absolute atomic E-state index is 12.6. The monoisotopic (exact) mass is 274 g/mol. The molecule has 0 atom stereocenters. The molecule has 0 radical (unpaired) electrons. The number of Topliss-reactive ketones (excluding diaryl/α,β-unsaturated/α-hetero) is 3. The molecule has 3 heteroatoms. The number of rotatable bonds is 6.